The van der Waals surface area contributed by atoms with Crippen LogP contribution in [0.15, 0.2) is 6.20 Å². The van der Waals surface area contributed by atoms with E-state index >= 15 is 0 Å². The van der Waals surface area contributed by atoms with Crippen LogP contribution in [0.5, 0.6) is 0 Å². The molecule has 1 aromatic heterocycles. The van der Waals surface area contributed by atoms with Crippen molar-refractivity contribution in [2.75, 3.05) is 27.4 Å². The highest BCUT2D eigenvalue weighted by Gasteiger charge is 2.43. The maximum atomic E-state index is 6.39. The molecule has 5 nitrogen and oxygen atoms in total. The highest BCUT2D eigenvalue weighted by atomic mass is 35.5. The molecule has 0 aliphatic carbocycles. The number of aromatic nitrogens is 2. The van der Waals surface area contributed by atoms with Gasteiger partial charge in [-0.25, -0.2) is 0 Å². The molecule has 0 bridgehead atoms. The van der Waals surface area contributed by atoms with Gasteiger partial charge in [-0.3, -0.25) is 4.68 Å². The van der Waals surface area contributed by atoms with Gasteiger partial charge in [0.25, 0.3) is 0 Å². The number of nitrogens with zero attached hydrogens (tertiary/aromatic N) is 2. The molecule has 0 spiro atoms. The molecule has 1 fully saturated rings. The molecule has 20 heavy (non-hydrogen) atoms. The van der Waals surface area contributed by atoms with Crippen molar-refractivity contribution in [1.82, 2.24) is 15.1 Å². The van der Waals surface area contributed by atoms with Crippen LogP contribution in [0.3, 0.4) is 0 Å². The lowest BCUT2D eigenvalue weighted by Gasteiger charge is -2.42. The van der Waals surface area contributed by atoms with E-state index in [1.54, 1.807) is 13.3 Å². The standard InChI is InChI=1S/C14H24ClN3O2/c1-10(2)18-12(11(15)9-17-18)13(16-3)14(19-4)5-7-20-8-6-14/h9-10,13,16H,5-8H2,1-4H3. The lowest BCUT2D eigenvalue weighted by Crippen LogP contribution is -2.49. The summed E-state index contributed by atoms with van der Waals surface area (Å²) in [7, 11) is 3.70. The summed E-state index contributed by atoms with van der Waals surface area (Å²) in [5, 5.41) is 8.46. The van der Waals surface area contributed by atoms with Crippen LogP contribution in [0.4, 0.5) is 0 Å². The van der Waals surface area contributed by atoms with E-state index in [-0.39, 0.29) is 17.7 Å². The Kier molecular flexibility index (Phi) is 5.07. The van der Waals surface area contributed by atoms with Crippen LogP contribution in [0.25, 0.3) is 0 Å². The van der Waals surface area contributed by atoms with Gasteiger partial charge in [-0.15, -0.1) is 0 Å². The highest BCUT2D eigenvalue weighted by molar-refractivity contribution is 6.31. The van der Waals surface area contributed by atoms with Gasteiger partial charge >= 0.3 is 0 Å². The lowest BCUT2D eigenvalue weighted by atomic mass is 9.84. The van der Waals surface area contributed by atoms with E-state index in [0.717, 1.165) is 18.5 Å². The van der Waals surface area contributed by atoms with Crippen molar-refractivity contribution in [3.05, 3.63) is 16.9 Å². The minimum absolute atomic E-state index is 0.00574. The van der Waals surface area contributed by atoms with E-state index in [9.17, 15) is 0 Å². The van der Waals surface area contributed by atoms with E-state index in [1.165, 1.54) is 0 Å². The summed E-state index contributed by atoms with van der Waals surface area (Å²) in [6.45, 7) is 5.62. The molecule has 1 aliphatic rings. The fourth-order valence-electron chi connectivity index (χ4n) is 3.01. The first-order chi connectivity index (χ1) is 9.55. The second-order valence-corrected chi connectivity index (χ2v) is 5.93. The smallest absolute Gasteiger partial charge is 0.0932 e. The van der Waals surface area contributed by atoms with Gasteiger partial charge in [-0.2, -0.15) is 5.10 Å². The van der Waals surface area contributed by atoms with E-state index < -0.39 is 0 Å². The zero-order valence-corrected chi connectivity index (χ0v) is 13.4. The van der Waals surface area contributed by atoms with Crippen molar-refractivity contribution in [2.45, 2.75) is 44.4 Å². The Morgan fingerprint density at radius 1 is 1.45 bits per heavy atom. The maximum absolute atomic E-state index is 6.39. The first-order valence-corrected chi connectivity index (χ1v) is 7.46. The first kappa shape index (κ1) is 15.8. The Hall–Kier alpha value is -0.620. The van der Waals surface area contributed by atoms with Crippen LogP contribution in [-0.2, 0) is 9.47 Å². The Morgan fingerprint density at radius 2 is 2.10 bits per heavy atom. The second kappa shape index (κ2) is 6.43. The number of ether oxygens (including phenoxy) is 2. The van der Waals surface area contributed by atoms with Gasteiger partial charge in [0, 0.05) is 39.2 Å². The van der Waals surface area contributed by atoms with Crippen molar-refractivity contribution in [2.24, 2.45) is 0 Å². The number of rotatable bonds is 5. The lowest BCUT2D eigenvalue weighted by molar-refractivity contribution is -0.112. The average molecular weight is 302 g/mol. The Bertz CT molecular complexity index is 442. The van der Waals surface area contributed by atoms with Gasteiger partial charge in [-0.1, -0.05) is 11.6 Å². The van der Waals surface area contributed by atoms with Gasteiger partial charge < -0.3 is 14.8 Å². The van der Waals surface area contributed by atoms with Gasteiger partial charge in [-0.05, 0) is 20.9 Å². The van der Waals surface area contributed by atoms with Crippen LogP contribution < -0.4 is 5.32 Å². The molecule has 1 atom stereocenters. The van der Waals surface area contributed by atoms with E-state index in [2.05, 4.69) is 24.3 Å². The molecule has 1 aromatic rings. The molecule has 1 saturated heterocycles. The fourth-order valence-corrected chi connectivity index (χ4v) is 3.25. The molecule has 2 heterocycles. The van der Waals surface area contributed by atoms with Crippen molar-refractivity contribution < 1.29 is 9.47 Å². The average Bonchev–Trinajstić information content (AvgIpc) is 2.83. The number of halogens is 1. The van der Waals surface area contributed by atoms with E-state index in [1.807, 2.05) is 11.7 Å². The molecule has 6 heteroatoms. The van der Waals surface area contributed by atoms with Crippen LogP contribution in [0, 0.1) is 0 Å². The second-order valence-electron chi connectivity index (χ2n) is 5.52. The Labute approximate surface area is 125 Å². The SMILES string of the molecule is CNC(c1c(Cl)cnn1C(C)C)C1(OC)CCOCC1. The van der Waals surface area contributed by atoms with Crippen molar-refractivity contribution in [1.29, 1.82) is 0 Å². The molecule has 0 radical (unpaired) electrons. The summed E-state index contributed by atoms with van der Waals surface area (Å²) in [5.41, 5.74) is 0.691. The monoisotopic (exact) mass is 301 g/mol. The summed E-state index contributed by atoms with van der Waals surface area (Å²) >= 11 is 6.39. The predicted molar refractivity (Wildman–Crippen MR) is 79.2 cm³/mol. The van der Waals surface area contributed by atoms with Crippen LogP contribution >= 0.6 is 11.6 Å². The largest absolute Gasteiger partial charge is 0.381 e. The number of likely N-dealkylation sites (N-methyl/N-ethyl adjacent to an activating group) is 1. The minimum atomic E-state index is -0.302. The maximum Gasteiger partial charge on any atom is 0.0932 e. The molecular weight excluding hydrogens is 278 g/mol. The third kappa shape index (κ3) is 2.72. The quantitative estimate of drug-likeness (QED) is 0.908. The van der Waals surface area contributed by atoms with Crippen LogP contribution in [0.2, 0.25) is 5.02 Å². The van der Waals surface area contributed by atoms with E-state index in [4.69, 9.17) is 21.1 Å². The van der Waals surface area contributed by atoms with E-state index in [0.29, 0.717) is 18.2 Å². The van der Waals surface area contributed by atoms with Crippen molar-refractivity contribution >= 4 is 11.6 Å². The number of nitrogens with one attached hydrogen (secondary N) is 1. The molecular formula is C14H24ClN3O2. The molecule has 1 unspecified atom stereocenters. The summed E-state index contributed by atoms with van der Waals surface area (Å²) in [6.07, 6.45) is 3.40. The summed E-state index contributed by atoms with van der Waals surface area (Å²) < 4.78 is 13.4. The van der Waals surface area contributed by atoms with Gasteiger partial charge in [0.05, 0.1) is 28.6 Å². The number of hydrogen-bond donors (Lipinski definition) is 1. The molecule has 1 N–H and O–H groups in total. The molecule has 0 saturated carbocycles. The highest BCUT2D eigenvalue weighted by Crippen LogP contribution is 2.40. The molecule has 1 aliphatic heterocycles. The topological polar surface area (TPSA) is 48.3 Å². The molecule has 2 rings (SSSR count). The normalized spacial score (nSPS) is 20.3. The Balaban J connectivity index is 2.43. The van der Waals surface area contributed by atoms with Crippen molar-refractivity contribution in [3.63, 3.8) is 0 Å². The predicted octanol–water partition coefficient (Wildman–Crippen LogP) is 2.57. The van der Waals surface area contributed by atoms with Gasteiger partial charge in [0.1, 0.15) is 0 Å². The Morgan fingerprint density at radius 3 is 2.60 bits per heavy atom. The summed E-state index contributed by atoms with van der Waals surface area (Å²) in [4.78, 5) is 0. The fraction of sp³-hybridized carbons (Fsp3) is 0.786. The number of hydrogen-bond acceptors (Lipinski definition) is 4. The van der Waals surface area contributed by atoms with Gasteiger partial charge in [0.15, 0.2) is 0 Å². The minimum Gasteiger partial charge on any atom is -0.381 e. The summed E-state index contributed by atoms with van der Waals surface area (Å²) in [6, 6.07) is 0.246. The molecule has 114 valence electrons. The first-order valence-electron chi connectivity index (χ1n) is 7.09. The zero-order chi connectivity index (χ0) is 14.8. The summed E-state index contributed by atoms with van der Waals surface area (Å²) in [5.74, 6) is 0. The third-order valence-electron chi connectivity index (χ3n) is 4.11. The molecule has 0 amide bonds. The number of methoxy groups -OCH3 is 1. The van der Waals surface area contributed by atoms with Gasteiger partial charge in [0.2, 0.25) is 0 Å². The van der Waals surface area contributed by atoms with Crippen LogP contribution in [0.1, 0.15) is 44.5 Å². The van der Waals surface area contributed by atoms with Crippen molar-refractivity contribution in [3.8, 4) is 0 Å². The van der Waals surface area contributed by atoms with Crippen LogP contribution in [-0.4, -0.2) is 42.8 Å². The molecule has 0 aromatic carbocycles. The zero-order valence-electron chi connectivity index (χ0n) is 12.6. The third-order valence-corrected chi connectivity index (χ3v) is 4.40.